The van der Waals surface area contributed by atoms with Gasteiger partial charge in [-0.2, -0.15) is 0 Å². The summed E-state index contributed by atoms with van der Waals surface area (Å²) in [6.45, 7) is 1.93. The van der Waals surface area contributed by atoms with Crippen LogP contribution >= 0.6 is 11.3 Å². The maximum Gasteiger partial charge on any atom is 0.286 e. The molecule has 0 aliphatic heterocycles. The van der Waals surface area contributed by atoms with Crippen molar-refractivity contribution in [3.63, 3.8) is 0 Å². The third-order valence-electron chi connectivity index (χ3n) is 4.01. The number of carbonyl (C=O) groups excluding carboxylic acids is 2. The van der Waals surface area contributed by atoms with E-state index >= 15 is 0 Å². The second kappa shape index (κ2) is 9.18. The molecule has 0 bridgehead atoms. The third-order valence-corrected chi connectivity index (χ3v) is 4.99. The lowest BCUT2D eigenvalue weighted by atomic mass is 10.1. The molecule has 0 saturated heterocycles. The van der Waals surface area contributed by atoms with Crippen LogP contribution in [0.25, 0.3) is 0 Å². The number of benzene rings is 2. The van der Waals surface area contributed by atoms with E-state index < -0.39 is 5.91 Å². The summed E-state index contributed by atoms with van der Waals surface area (Å²) in [5, 5.41) is 14.2. The van der Waals surface area contributed by atoms with Gasteiger partial charge in [0.2, 0.25) is 10.9 Å². The van der Waals surface area contributed by atoms with Crippen molar-refractivity contribution >= 4 is 28.8 Å². The van der Waals surface area contributed by atoms with Gasteiger partial charge in [0, 0.05) is 18.5 Å². The minimum absolute atomic E-state index is 0.0832. The van der Waals surface area contributed by atoms with Crippen LogP contribution in [0, 0.1) is 5.82 Å². The number of carbonyl (C=O) groups is 2. The number of rotatable bonds is 7. The average Bonchev–Trinajstić information content (AvgIpc) is 3.18. The molecule has 6 nitrogen and oxygen atoms in total. The number of amides is 2. The first kappa shape index (κ1) is 19.6. The molecule has 28 heavy (non-hydrogen) atoms. The maximum absolute atomic E-state index is 12.9. The molecule has 0 spiro atoms. The third kappa shape index (κ3) is 5.43. The van der Waals surface area contributed by atoms with E-state index in [4.69, 9.17) is 0 Å². The zero-order chi connectivity index (χ0) is 19.9. The summed E-state index contributed by atoms with van der Waals surface area (Å²) in [6, 6.07) is 15.1. The fraction of sp³-hybridized carbons (Fsp3) is 0.200. The van der Waals surface area contributed by atoms with Gasteiger partial charge in [0.15, 0.2) is 0 Å². The standard InChI is InChI=1S/C20H19FN4O2S/c1-13(14-5-3-2-4-6-14)22-17(26)11-12-18-24-25-20(28-18)19(27)23-16-9-7-15(21)8-10-16/h2-10,13H,11-12H2,1H3,(H,22,26)(H,23,27)/t13-/m0/s1. The summed E-state index contributed by atoms with van der Waals surface area (Å²) >= 11 is 1.13. The predicted molar refractivity (Wildman–Crippen MR) is 106 cm³/mol. The summed E-state index contributed by atoms with van der Waals surface area (Å²) in [5.41, 5.74) is 1.50. The Bertz CT molecular complexity index is 944. The molecule has 144 valence electrons. The second-order valence-electron chi connectivity index (χ2n) is 6.16. The minimum Gasteiger partial charge on any atom is -0.350 e. The van der Waals surface area contributed by atoms with Crippen LogP contribution in [0.3, 0.4) is 0 Å². The van der Waals surface area contributed by atoms with E-state index in [1.54, 1.807) is 0 Å². The van der Waals surface area contributed by atoms with Crippen LogP contribution in [0.2, 0.25) is 0 Å². The van der Waals surface area contributed by atoms with Crippen molar-refractivity contribution in [1.29, 1.82) is 0 Å². The number of nitrogens with one attached hydrogen (secondary N) is 2. The largest absolute Gasteiger partial charge is 0.350 e. The molecule has 2 N–H and O–H groups in total. The SMILES string of the molecule is C[C@H](NC(=O)CCc1nnc(C(=O)Nc2ccc(F)cc2)s1)c1ccccc1. The lowest BCUT2D eigenvalue weighted by Gasteiger charge is -2.13. The van der Waals surface area contributed by atoms with Crippen molar-refractivity contribution < 1.29 is 14.0 Å². The van der Waals surface area contributed by atoms with Gasteiger partial charge in [0.25, 0.3) is 5.91 Å². The number of anilines is 1. The number of aryl methyl sites for hydroxylation is 1. The second-order valence-corrected chi connectivity index (χ2v) is 7.22. The maximum atomic E-state index is 12.9. The molecule has 1 heterocycles. The summed E-state index contributed by atoms with van der Waals surface area (Å²) in [6.07, 6.45) is 0.653. The van der Waals surface area contributed by atoms with Gasteiger partial charge in [0.1, 0.15) is 10.8 Å². The zero-order valence-corrected chi connectivity index (χ0v) is 16.0. The Hall–Kier alpha value is -3.13. The van der Waals surface area contributed by atoms with Gasteiger partial charge in [-0.1, -0.05) is 41.7 Å². The van der Waals surface area contributed by atoms with E-state index in [1.807, 2.05) is 37.3 Å². The quantitative estimate of drug-likeness (QED) is 0.635. The Labute approximate surface area is 165 Å². The molecule has 3 rings (SSSR count). The lowest BCUT2D eigenvalue weighted by molar-refractivity contribution is -0.121. The molecule has 2 amide bonds. The molecule has 0 fully saturated rings. The van der Waals surface area contributed by atoms with Gasteiger partial charge in [0.05, 0.1) is 6.04 Å². The first-order valence-corrected chi connectivity index (χ1v) is 9.56. The molecule has 0 saturated carbocycles. The van der Waals surface area contributed by atoms with Crippen LogP contribution in [-0.4, -0.2) is 22.0 Å². The summed E-state index contributed by atoms with van der Waals surface area (Å²) in [5.74, 6) is -0.891. The van der Waals surface area contributed by atoms with E-state index in [-0.39, 0.29) is 29.2 Å². The van der Waals surface area contributed by atoms with Crippen LogP contribution in [0.4, 0.5) is 10.1 Å². The van der Waals surface area contributed by atoms with Crippen molar-refractivity contribution in [2.45, 2.75) is 25.8 Å². The van der Waals surface area contributed by atoms with Crippen molar-refractivity contribution in [3.8, 4) is 0 Å². The molecule has 0 aliphatic rings. The van der Waals surface area contributed by atoms with E-state index in [0.29, 0.717) is 17.1 Å². The highest BCUT2D eigenvalue weighted by Crippen LogP contribution is 2.16. The Morgan fingerprint density at radius 3 is 2.50 bits per heavy atom. The van der Waals surface area contributed by atoms with E-state index in [1.165, 1.54) is 24.3 Å². The number of nitrogens with zero attached hydrogens (tertiary/aromatic N) is 2. The molecule has 2 aromatic carbocycles. The molecular formula is C20H19FN4O2S. The molecule has 1 aromatic heterocycles. The van der Waals surface area contributed by atoms with Crippen LogP contribution in [-0.2, 0) is 11.2 Å². The molecule has 0 aliphatic carbocycles. The fourth-order valence-corrected chi connectivity index (χ4v) is 3.26. The van der Waals surface area contributed by atoms with Gasteiger partial charge in [-0.3, -0.25) is 9.59 Å². The monoisotopic (exact) mass is 398 g/mol. The molecule has 0 radical (unpaired) electrons. The topological polar surface area (TPSA) is 84.0 Å². The van der Waals surface area contributed by atoms with Gasteiger partial charge in [-0.05, 0) is 36.8 Å². The number of halogens is 1. The van der Waals surface area contributed by atoms with Crippen molar-refractivity contribution in [2.75, 3.05) is 5.32 Å². The van der Waals surface area contributed by atoms with Crippen molar-refractivity contribution in [1.82, 2.24) is 15.5 Å². The molecule has 3 aromatic rings. The Kier molecular flexibility index (Phi) is 6.44. The van der Waals surface area contributed by atoms with Crippen LogP contribution < -0.4 is 10.6 Å². The highest BCUT2D eigenvalue weighted by molar-refractivity contribution is 7.13. The van der Waals surface area contributed by atoms with Crippen LogP contribution in [0.5, 0.6) is 0 Å². The lowest BCUT2D eigenvalue weighted by Crippen LogP contribution is -2.26. The van der Waals surface area contributed by atoms with E-state index in [2.05, 4.69) is 20.8 Å². The summed E-state index contributed by atoms with van der Waals surface area (Å²) in [7, 11) is 0. The predicted octanol–water partition coefficient (Wildman–Crippen LogP) is 3.74. The Morgan fingerprint density at radius 2 is 1.79 bits per heavy atom. The normalized spacial score (nSPS) is 11.6. The average molecular weight is 398 g/mol. The van der Waals surface area contributed by atoms with Gasteiger partial charge >= 0.3 is 0 Å². The number of hydrogen-bond donors (Lipinski definition) is 2. The number of hydrogen-bond acceptors (Lipinski definition) is 5. The first-order chi connectivity index (χ1) is 13.5. The fourth-order valence-electron chi connectivity index (χ4n) is 2.52. The molecule has 1 atom stereocenters. The van der Waals surface area contributed by atoms with Crippen LogP contribution in [0.15, 0.2) is 54.6 Å². The van der Waals surface area contributed by atoms with E-state index in [0.717, 1.165) is 16.9 Å². The van der Waals surface area contributed by atoms with Crippen molar-refractivity contribution in [2.24, 2.45) is 0 Å². The van der Waals surface area contributed by atoms with Crippen LogP contribution in [0.1, 0.15) is 39.8 Å². The number of aromatic nitrogens is 2. The smallest absolute Gasteiger partial charge is 0.286 e. The summed E-state index contributed by atoms with van der Waals surface area (Å²) < 4.78 is 12.9. The summed E-state index contributed by atoms with van der Waals surface area (Å²) in [4.78, 5) is 24.3. The Balaban J connectivity index is 1.49. The van der Waals surface area contributed by atoms with Gasteiger partial charge in [-0.25, -0.2) is 4.39 Å². The molecule has 0 unspecified atom stereocenters. The Morgan fingerprint density at radius 1 is 1.07 bits per heavy atom. The van der Waals surface area contributed by atoms with E-state index in [9.17, 15) is 14.0 Å². The highest BCUT2D eigenvalue weighted by atomic mass is 32.1. The molecule has 8 heteroatoms. The minimum atomic E-state index is -0.419. The first-order valence-electron chi connectivity index (χ1n) is 8.75. The highest BCUT2D eigenvalue weighted by Gasteiger charge is 2.15. The van der Waals surface area contributed by atoms with Crippen molar-refractivity contribution in [3.05, 3.63) is 76.0 Å². The molecular weight excluding hydrogens is 379 g/mol. The zero-order valence-electron chi connectivity index (χ0n) is 15.2. The van der Waals surface area contributed by atoms with Gasteiger partial charge in [-0.15, -0.1) is 10.2 Å². The van der Waals surface area contributed by atoms with Gasteiger partial charge < -0.3 is 10.6 Å².